The van der Waals surface area contributed by atoms with Crippen molar-refractivity contribution in [1.29, 1.82) is 0 Å². The van der Waals surface area contributed by atoms with Crippen molar-refractivity contribution in [2.45, 2.75) is 4.90 Å². The molecule has 0 unspecified atom stereocenters. The Labute approximate surface area is 107 Å². The minimum atomic E-state index is -0.791. The normalized spacial score (nSPS) is 10.4. The summed E-state index contributed by atoms with van der Waals surface area (Å²) in [5.74, 6) is -1.28. The molecular formula is C12H10F2N2OS. The van der Waals surface area contributed by atoms with Gasteiger partial charge in [0.15, 0.2) is 17.3 Å². The van der Waals surface area contributed by atoms with E-state index in [2.05, 4.69) is 0 Å². The predicted molar refractivity (Wildman–Crippen MR) is 67.3 cm³/mol. The van der Waals surface area contributed by atoms with Gasteiger partial charge < -0.3 is 10.5 Å². The molecule has 0 heterocycles. The van der Waals surface area contributed by atoms with Gasteiger partial charge >= 0.3 is 0 Å². The van der Waals surface area contributed by atoms with E-state index in [0.717, 1.165) is 29.0 Å². The molecule has 0 spiro atoms. The zero-order valence-corrected chi connectivity index (χ0v) is 10.0. The van der Waals surface area contributed by atoms with E-state index in [-0.39, 0.29) is 11.5 Å². The van der Waals surface area contributed by atoms with Crippen molar-refractivity contribution in [3.63, 3.8) is 0 Å². The summed E-state index contributed by atoms with van der Waals surface area (Å²) in [6, 6.07) is 7.96. The van der Waals surface area contributed by atoms with Crippen LogP contribution in [0.25, 0.3) is 0 Å². The van der Waals surface area contributed by atoms with Crippen LogP contribution in [0.1, 0.15) is 0 Å². The third-order valence-corrected chi connectivity index (χ3v) is 2.76. The van der Waals surface area contributed by atoms with Crippen molar-refractivity contribution >= 4 is 17.6 Å². The standard InChI is InChI=1S/C12H10F2N2OS/c13-7-1-4-11(9(14)5-7)17-12-6-8(18-16)2-3-10(12)15/h1-6H,15-16H2. The molecular weight excluding hydrogens is 258 g/mol. The highest BCUT2D eigenvalue weighted by Gasteiger charge is 2.09. The molecule has 0 aromatic heterocycles. The van der Waals surface area contributed by atoms with Crippen LogP contribution in [-0.2, 0) is 0 Å². The van der Waals surface area contributed by atoms with Crippen molar-refractivity contribution in [2.24, 2.45) is 5.14 Å². The number of rotatable bonds is 3. The van der Waals surface area contributed by atoms with Crippen LogP contribution in [0.2, 0.25) is 0 Å². The molecule has 2 aromatic carbocycles. The highest BCUT2D eigenvalue weighted by Crippen LogP contribution is 2.32. The molecule has 0 saturated carbocycles. The van der Waals surface area contributed by atoms with Gasteiger partial charge in [-0.1, -0.05) is 0 Å². The zero-order valence-electron chi connectivity index (χ0n) is 9.19. The summed E-state index contributed by atoms with van der Waals surface area (Å²) in [5, 5.41) is 5.41. The van der Waals surface area contributed by atoms with Gasteiger partial charge in [-0.2, -0.15) is 0 Å². The van der Waals surface area contributed by atoms with Crippen LogP contribution in [0.4, 0.5) is 14.5 Å². The van der Waals surface area contributed by atoms with E-state index < -0.39 is 11.6 Å². The smallest absolute Gasteiger partial charge is 0.168 e. The fourth-order valence-corrected chi connectivity index (χ4v) is 1.67. The second kappa shape index (κ2) is 5.24. The lowest BCUT2D eigenvalue weighted by molar-refractivity contribution is 0.438. The molecule has 0 bridgehead atoms. The third kappa shape index (κ3) is 2.72. The second-order valence-electron chi connectivity index (χ2n) is 3.49. The van der Waals surface area contributed by atoms with Crippen molar-refractivity contribution in [3.8, 4) is 11.5 Å². The highest BCUT2D eigenvalue weighted by atomic mass is 32.2. The lowest BCUT2D eigenvalue weighted by Crippen LogP contribution is -1.95. The van der Waals surface area contributed by atoms with E-state index in [9.17, 15) is 8.78 Å². The Hall–Kier alpha value is -1.79. The van der Waals surface area contributed by atoms with Crippen LogP contribution >= 0.6 is 11.9 Å². The molecule has 0 aliphatic heterocycles. The van der Waals surface area contributed by atoms with E-state index in [0.29, 0.717) is 5.69 Å². The highest BCUT2D eigenvalue weighted by molar-refractivity contribution is 7.97. The molecule has 0 fully saturated rings. The average Bonchev–Trinajstić information content (AvgIpc) is 2.35. The van der Waals surface area contributed by atoms with E-state index in [4.69, 9.17) is 15.6 Å². The summed E-state index contributed by atoms with van der Waals surface area (Å²) in [7, 11) is 0. The topological polar surface area (TPSA) is 61.3 Å². The predicted octanol–water partition coefficient (Wildman–Crippen LogP) is 3.31. The zero-order chi connectivity index (χ0) is 13.1. The molecule has 6 heteroatoms. The Morgan fingerprint density at radius 3 is 2.44 bits per heavy atom. The maximum atomic E-state index is 13.4. The average molecular weight is 268 g/mol. The van der Waals surface area contributed by atoms with E-state index in [1.54, 1.807) is 18.2 Å². The first-order valence-corrected chi connectivity index (χ1v) is 5.87. The van der Waals surface area contributed by atoms with Gasteiger partial charge in [0.2, 0.25) is 0 Å². The molecule has 94 valence electrons. The minimum Gasteiger partial charge on any atom is -0.452 e. The number of nitrogens with two attached hydrogens (primary N) is 2. The van der Waals surface area contributed by atoms with Gasteiger partial charge in [-0.15, -0.1) is 0 Å². The molecule has 2 aromatic rings. The summed E-state index contributed by atoms with van der Waals surface area (Å²) >= 11 is 1.02. The Bertz CT molecular complexity index is 578. The van der Waals surface area contributed by atoms with Gasteiger partial charge in [-0.05, 0) is 42.3 Å². The lowest BCUT2D eigenvalue weighted by Gasteiger charge is -2.10. The van der Waals surface area contributed by atoms with Gasteiger partial charge in [0.25, 0.3) is 0 Å². The quantitative estimate of drug-likeness (QED) is 0.662. The number of anilines is 1. The third-order valence-electron chi connectivity index (χ3n) is 2.23. The first-order valence-electron chi connectivity index (χ1n) is 4.99. The van der Waals surface area contributed by atoms with E-state index >= 15 is 0 Å². The van der Waals surface area contributed by atoms with Gasteiger partial charge in [-0.25, -0.2) is 8.78 Å². The van der Waals surface area contributed by atoms with Crippen LogP contribution in [0.15, 0.2) is 41.3 Å². The first kappa shape index (κ1) is 12.7. The fraction of sp³-hybridized carbons (Fsp3) is 0. The van der Waals surface area contributed by atoms with Crippen molar-refractivity contribution in [3.05, 3.63) is 48.0 Å². The number of ether oxygens (including phenoxy) is 1. The fourth-order valence-electron chi connectivity index (χ4n) is 1.35. The monoisotopic (exact) mass is 268 g/mol. The van der Waals surface area contributed by atoms with Crippen molar-refractivity contribution < 1.29 is 13.5 Å². The van der Waals surface area contributed by atoms with Crippen molar-refractivity contribution in [1.82, 2.24) is 0 Å². The van der Waals surface area contributed by atoms with Gasteiger partial charge in [-0.3, -0.25) is 5.14 Å². The Morgan fingerprint density at radius 1 is 1.00 bits per heavy atom. The van der Waals surface area contributed by atoms with Crippen LogP contribution in [0, 0.1) is 11.6 Å². The Kier molecular flexibility index (Phi) is 3.69. The summed E-state index contributed by atoms with van der Waals surface area (Å²) in [6.45, 7) is 0. The van der Waals surface area contributed by atoms with E-state index in [1.807, 2.05) is 0 Å². The molecule has 2 rings (SSSR count). The molecule has 0 amide bonds. The van der Waals surface area contributed by atoms with Crippen molar-refractivity contribution in [2.75, 3.05) is 5.73 Å². The summed E-state index contributed by atoms with van der Waals surface area (Å²) in [4.78, 5) is 0.724. The molecule has 0 atom stereocenters. The Balaban J connectivity index is 2.33. The molecule has 0 aliphatic rings. The Morgan fingerprint density at radius 2 is 1.78 bits per heavy atom. The van der Waals surface area contributed by atoms with Crippen LogP contribution in [0.5, 0.6) is 11.5 Å². The lowest BCUT2D eigenvalue weighted by atomic mass is 10.3. The van der Waals surface area contributed by atoms with Crippen LogP contribution in [-0.4, -0.2) is 0 Å². The van der Waals surface area contributed by atoms with E-state index in [1.165, 1.54) is 6.07 Å². The molecule has 4 N–H and O–H groups in total. The molecule has 0 aliphatic carbocycles. The summed E-state index contributed by atoms with van der Waals surface area (Å²) in [5.41, 5.74) is 6.04. The SMILES string of the molecule is NSc1ccc(N)c(Oc2ccc(F)cc2F)c1. The van der Waals surface area contributed by atoms with Gasteiger partial charge in [0, 0.05) is 11.0 Å². The van der Waals surface area contributed by atoms with Crippen LogP contribution < -0.4 is 15.6 Å². The second-order valence-corrected chi connectivity index (χ2v) is 4.20. The molecule has 18 heavy (non-hydrogen) atoms. The molecule has 0 saturated heterocycles. The number of nitrogen functional groups attached to an aromatic ring is 1. The number of hydrogen-bond donors (Lipinski definition) is 2. The van der Waals surface area contributed by atoms with Gasteiger partial charge in [0.05, 0.1) is 5.69 Å². The number of halogens is 2. The number of hydrogen-bond acceptors (Lipinski definition) is 4. The number of benzene rings is 2. The maximum Gasteiger partial charge on any atom is 0.168 e. The molecule has 3 nitrogen and oxygen atoms in total. The summed E-state index contributed by atoms with van der Waals surface area (Å²) < 4.78 is 31.5. The van der Waals surface area contributed by atoms with Crippen LogP contribution in [0.3, 0.4) is 0 Å². The maximum absolute atomic E-state index is 13.4. The summed E-state index contributed by atoms with van der Waals surface area (Å²) in [6.07, 6.45) is 0. The minimum absolute atomic E-state index is 0.0951. The van der Waals surface area contributed by atoms with Gasteiger partial charge in [0.1, 0.15) is 5.82 Å². The largest absolute Gasteiger partial charge is 0.452 e. The molecule has 0 radical (unpaired) electrons. The first-order chi connectivity index (χ1) is 8.60.